The summed E-state index contributed by atoms with van der Waals surface area (Å²) in [5.41, 5.74) is 0.924. The highest BCUT2D eigenvalue weighted by atomic mass is 32.2. The summed E-state index contributed by atoms with van der Waals surface area (Å²) in [7, 11) is -7.42. The number of aromatic nitrogens is 2. The third kappa shape index (κ3) is 6.62. The number of sulfonamides is 2. The van der Waals surface area contributed by atoms with Crippen LogP contribution < -0.4 is 9.44 Å². The zero-order valence-electron chi connectivity index (χ0n) is 16.6. The topological polar surface area (TPSA) is 131 Å². The van der Waals surface area contributed by atoms with Crippen LogP contribution in [0.5, 0.6) is 0 Å². The van der Waals surface area contributed by atoms with Gasteiger partial charge in [0.2, 0.25) is 16.0 Å². The number of nitrogens with zero attached hydrogens (tertiary/aromatic N) is 3. The molecule has 1 saturated heterocycles. The van der Waals surface area contributed by atoms with Gasteiger partial charge >= 0.3 is 0 Å². The minimum Gasteiger partial charge on any atom is -0.379 e. The predicted octanol–water partition coefficient (Wildman–Crippen LogP) is 1.05. The van der Waals surface area contributed by atoms with Crippen LogP contribution in [0.2, 0.25) is 0 Å². The predicted molar refractivity (Wildman–Crippen MR) is 113 cm³/mol. The van der Waals surface area contributed by atoms with E-state index in [-0.39, 0.29) is 16.6 Å². The molecule has 1 aliphatic rings. The fourth-order valence-electron chi connectivity index (χ4n) is 2.91. The average Bonchev–Trinajstić information content (AvgIpc) is 2.68. The van der Waals surface area contributed by atoms with E-state index in [2.05, 4.69) is 24.3 Å². The number of hydrogen-bond acceptors (Lipinski definition) is 8. The van der Waals surface area contributed by atoms with Crippen LogP contribution in [0.1, 0.15) is 12.1 Å². The highest BCUT2D eigenvalue weighted by Gasteiger charge is 2.17. The van der Waals surface area contributed by atoms with Gasteiger partial charge in [0.05, 0.1) is 23.9 Å². The molecule has 10 nitrogen and oxygen atoms in total. The van der Waals surface area contributed by atoms with Crippen LogP contribution in [-0.2, 0) is 24.8 Å². The van der Waals surface area contributed by atoms with Gasteiger partial charge in [0.25, 0.3) is 10.0 Å². The first-order chi connectivity index (χ1) is 14.2. The molecule has 1 aromatic carbocycles. The van der Waals surface area contributed by atoms with Crippen LogP contribution in [0.3, 0.4) is 0 Å². The highest BCUT2D eigenvalue weighted by molar-refractivity contribution is 7.93. The first kappa shape index (κ1) is 22.4. The number of rotatable bonds is 9. The van der Waals surface area contributed by atoms with Gasteiger partial charge in [-0.3, -0.25) is 9.62 Å². The Morgan fingerprint density at radius 2 is 1.73 bits per heavy atom. The molecule has 2 aromatic rings. The summed E-state index contributed by atoms with van der Waals surface area (Å²) in [5.74, 6) is -0.0449. The van der Waals surface area contributed by atoms with E-state index in [9.17, 15) is 16.8 Å². The van der Waals surface area contributed by atoms with Gasteiger partial charge in [-0.2, -0.15) is 0 Å². The summed E-state index contributed by atoms with van der Waals surface area (Å²) < 4.78 is 59.6. The summed E-state index contributed by atoms with van der Waals surface area (Å²) in [4.78, 5) is 10.0. The van der Waals surface area contributed by atoms with E-state index in [1.807, 2.05) is 0 Å². The fraction of sp³-hybridized carbons (Fsp3) is 0.444. The van der Waals surface area contributed by atoms with Crippen LogP contribution in [0.4, 0.5) is 11.6 Å². The van der Waals surface area contributed by atoms with Crippen molar-refractivity contribution in [3.8, 4) is 0 Å². The zero-order chi connectivity index (χ0) is 21.6. The van der Waals surface area contributed by atoms with Gasteiger partial charge in [0, 0.05) is 30.7 Å². The summed E-state index contributed by atoms with van der Waals surface area (Å²) in [5, 5.41) is 0. The lowest BCUT2D eigenvalue weighted by molar-refractivity contribution is 0.0381. The minimum atomic E-state index is -3.89. The van der Waals surface area contributed by atoms with Gasteiger partial charge in [-0.05, 0) is 50.2 Å². The molecule has 0 unspecified atom stereocenters. The van der Waals surface area contributed by atoms with E-state index >= 15 is 0 Å². The van der Waals surface area contributed by atoms with Crippen molar-refractivity contribution in [3.05, 3.63) is 42.2 Å². The summed E-state index contributed by atoms with van der Waals surface area (Å²) in [6, 6.07) is 7.11. The highest BCUT2D eigenvalue weighted by Crippen LogP contribution is 2.17. The second-order valence-electron chi connectivity index (χ2n) is 6.88. The van der Waals surface area contributed by atoms with Crippen molar-refractivity contribution in [2.24, 2.45) is 0 Å². The third-order valence-electron chi connectivity index (χ3n) is 4.45. The number of hydrogen-bond donors (Lipinski definition) is 2. The number of benzene rings is 1. The van der Waals surface area contributed by atoms with Crippen molar-refractivity contribution in [3.63, 3.8) is 0 Å². The third-order valence-corrected chi connectivity index (χ3v) is 7.17. The van der Waals surface area contributed by atoms with E-state index in [1.165, 1.54) is 30.5 Å². The zero-order valence-corrected chi connectivity index (χ0v) is 18.2. The number of ether oxygens (including phenoxy) is 1. The Morgan fingerprint density at radius 1 is 1.03 bits per heavy atom. The molecule has 0 saturated carbocycles. The molecule has 0 spiro atoms. The molecule has 0 atom stereocenters. The normalized spacial score (nSPS) is 15.6. The summed E-state index contributed by atoms with van der Waals surface area (Å²) in [6.07, 6.45) is 1.96. The van der Waals surface area contributed by atoms with Crippen LogP contribution in [0, 0.1) is 6.92 Å². The average molecular weight is 456 g/mol. The van der Waals surface area contributed by atoms with Crippen molar-refractivity contribution in [2.45, 2.75) is 18.2 Å². The first-order valence-electron chi connectivity index (χ1n) is 9.47. The van der Waals surface area contributed by atoms with E-state index in [0.29, 0.717) is 37.6 Å². The monoisotopic (exact) mass is 455 g/mol. The molecule has 0 aliphatic carbocycles. The summed E-state index contributed by atoms with van der Waals surface area (Å²) >= 11 is 0. The number of morpholine rings is 1. The molecule has 2 N–H and O–H groups in total. The maximum Gasteiger partial charge on any atom is 0.264 e. The van der Waals surface area contributed by atoms with Crippen LogP contribution in [0.25, 0.3) is 0 Å². The molecular weight excluding hydrogens is 430 g/mol. The smallest absolute Gasteiger partial charge is 0.264 e. The maximum absolute atomic E-state index is 12.5. The number of anilines is 2. The number of nitrogens with one attached hydrogen (secondary N) is 2. The quantitative estimate of drug-likeness (QED) is 0.574. The Kier molecular flexibility index (Phi) is 7.23. The van der Waals surface area contributed by atoms with Crippen LogP contribution >= 0.6 is 0 Å². The largest absolute Gasteiger partial charge is 0.379 e. The molecule has 0 bridgehead atoms. The van der Waals surface area contributed by atoms with Crippen molar-refractivity contribution in [1.82, 2.24) is 14.9 Å². The van der Waals surface area contributed by atoms with Crippen molar-refractivity contribution < 1.29 is 21.6 Å². The SMILES string of the molecule is Cc1ccnc(NS(=O)(=O)c2ccc(NS(=O)(=O)CCCN3CCOCC3)cc2)n1. The lowest BCUT2D eigenvalue weighted by Gasteiger charge is -2.26. The Morgan fingerprint density at radius 3 is 2.40 bits per heavy atom. The Hall–Kier alpha value is -2.28. The van der Waals surface area contributed by atoms with Gasteiger partial charge < -0.3 is 4.74 Å². The Bertz CT molecular complexity index is 1050. The molecule has 1 fully saturated rings. The molecule has 0 radical (unpaired) electrons. The van der Waals surface area contributed by atoms with E-state index in [0.717, 1.165) is 13.1 Å². The van der Waals surface area contributed by atoms with Gasteiger partial charge in [0.15, 0.2) is 0 Å². The molecule has 1 aromatic heterocycles. The molecule has 0 amide bonds. The Balaban J connectivity index is 1.56. The molecule has 12 heteroatoms. The molecule has 3 rings (SSSR count). The van der Waals surface area contributed by atoms with Crippen molar-refractivity contribution in [2.75, 3.05) is 48.0 Å². The van der Waals surface area contributed by atoms with Crippen LogP contribution in [-0.4, -0.2) is 70.3 Å². The summed E-state index contributed by atoms with van der Waals surface area (Å²) in [6.45, 7) is 5.38. The molecule has 2 heterocycles. The molecule has 1 aliphatic heterocycles. The lowest BCUT2D eigenvalue weighted by atomic mass is 10.3. The second kappa shape index (κ2) is 9.69. The van der Waals surface area contributed by atoms with E-state index in [4.69, 9.17) is 4.74 Å². The number of aryl methyl sites for hydroxylation is 1. The lowest BCUT2D eigenvalue weighted by Crippen LogP contribution is -2.37. The van der Waals surface area contributed by atoms with Gasteiger partial charge in [-0.15, -0.1) is 0 Å². The van der Waals surface area contributed by atoms with Gasteiger partial charge in [-0.25, -0.2) is 31.5 Å². The van der Waals surface area contributed by atoms with Gasteiger partial charge in [0.1, 0.15) is 0 Å². The second-order valence-corrected chi connectivity index (χ2v) is 10.4. The molecular formula is C18H25N5O5S2. The minimum absolute atomic E-state index is 0.0172. The molecule has 30 heavy (non-hydrogen) atoms. The fourth-order valence-corrected chi connectivity index (χ4v) is 4.97. The van der Waals surface area contributed by atoms with Crippen LogP contribution in [0.15, 0.2) is 41.4 Å². The first-order valence-corrected chi connectivity index (χ1v) is 12.6. The van der Waals surface area contributed by atoms with Crippen molar-refractivity contribution in [1.29, 1.82) is 0 Å². The van der Waals surface area contributed by atoms with E-state index < -0.39 is 20.0 Å². The molecule has 164 valence electrons. The standard InChI is InChI=1S/C18H25N5O5S2/c1-15-7-8-19-18(20-15)22-30(26,27)17-5-3-16(4-6-17)21-29(24,25)14-2-9-23-10-12-28-13-11-23/h3-8,21H,2,9-14H2,1H3,(H,19,20,22). The van der Waals surface area contributed by atoms with Crippen molar-refractivity contribution >= 4 is 31.7 Å². The maximum atomic E-state index is 12.5. The Labute approximate surface area is 176 Å². The van der Waals surface area contributed by atoms with E-state index in [1.54, 1.807) is 13.0 Å². The van der Waals surface area contributed by atoms with Gasteiger partial charge in [-0.1, -0.05) is 0 Å².